The van der Waals surface area contributed by atoms with Gasteiger partial charge in [-0.1, -0.05) is 28.1 Å². The third-order valence-corrected chi connectivity index (χ3v) is 4.34. The lowest BCUT2D eigenvalue weighted by Gasteiger charge is -2.21. The van der Waals surface area contributed by atoms with Crippen molar-refractivity contribution in [3.63, 3.8) is 0 Å². The van der Waals surface area contributed by atoms with Crippen LogP contribution in [0.1, 0.15) is 15.9 Å². The van der Waals surface area contributed by atoms with Gasteiger partial charge in [-0.3, -0.25) is 14.0 Å². The van der Waals surface area contributed by atoms with Gasteiger partial charge in [0.2, 0.25) is 0 Å². The summed E-state index contributed by atoms with van der Waals surface area (Å²) in [6, 6.07) is 9.62. The van der Waals surface area contributed by atoms with E-state index in [-0.39, 0.29) is 18.7 Å². The normalized spacial score (nSPS) is 10.7. The van der Waals surface area contributed by atoms with Crippen molar-refractivity contribution in [2.24, 2.45) is 0 Å². The summed E-state index contributed by atoms with van der Waals surface area (Å²) in [5, 5.41) is 0. The first-order chi connectivity index (χ1) is 12.5. The summed E-state index contributed by atoms with van der Waals surface area (Å²) in [6.45, 7) is 3.81. The molecule has 0 bridgehead atoms. The predicted molar refractivity (Wildman–Crippen MR) is 100 cm³/mol. The SMILES string of the molecule is C=CCN(Cc1cc(Br)ccc1F)C(=O)c1cnc2ccccn2c1=O. The van der Waals surface area contributed by atoms with Crippen LogP contribution in [0.15, 0.2) is 70.7 Å². The van der Waals surface area contributed by atoms with E-state index in [4.69, 9.17) is 0 Å². The minimum Gasteiger partial charge on any atom is -0.330 e. The fraction of sp³-hybridized carbons (Fsp3) is 0.105. The summed E-state index contributed by atoms with van der Waals surface area (Å²) in [7, 11) is 0. The number of amides is 1. The number of rotatable bonds is 5. The van der Waals surface area contributed by atoms with E-state index in [1.807, 2.05) is 0 Å². The second-order valence-corrected chi connectivity index (χ2v) is 6.53. The van der Waals surface area contributed by atoms with Crippen LogP contribution < -0.4 is 5.56 Å². The Morgan fingerprint density at radius 1 is 1.35 bits per heavy atom. The van der Waals surface area contributed by atoms with Crippen LogP contribution in [0.5, 0.6) is 0 Å². The highest BCUT2D eigenvalue weighted by Crippen LogP contribution is 2.18. The summed E-state index contributed by atoms with van der Waals surface area (Å²) in [4.78, 5) is 31.0. The highest BCUT2D eigenvalue weighted by molar-refractivity contribution is 9.10. The molecule has 26 heavy (non-hydrogen) atoms. The van der Waals surface area contributed by atoms with Crippen LogP contribution in [-0.2, 0) is 6.54 Å². The van der Waals surface area contributed by atoms with Gasteiger partial charge in [-0.25, -0.2) is 9.37 Å². The van der Waals surface area contributed by atoms with Gasteiger partial charge in [-0.2, -0.15) is 0 Å². The fourth-order valence-electron chi connectivity index (χ4n) is 2.59. The summed E-state index contributed by atoms with van der Waals surface area (Å²) in [5.41, 5.74) is 0.237. The monoisotopic (exact) mass is 415 g/mol. The Kier molecular flexibility index (Phi) is 5.27. The molecule has 0 unspecified atom stereocenters. The average Bonchev–Trinajstić information content (AvgIpc) is 2.64. The maximum atomic E-state index is 14.1. The molecule has 3 rings (SSSR count). The molecule has 0 N–H and O–H groups in total. The lowest BCUT2D eigenvalue weighted by atomic mass is 10.1. The van der Waals surface area contributed by atoms with Crippen molar-refractivity contribution in [3.8, 4) is 0 Å². The minimum absolute atomic E-state index is 0.00700. The predicted octanol–water partition coefficient (Wildman–Crippen LogP) is 3.42. The maximum Gasteiger partial charge on any atom is 0.270 e. The standard InChI is InChI=1S/C19H15BrFN3O2/c1-2-8-23(12-13-10-14(20)6-7-16(13)21)18(25)15-11-22-17-5-3-4-9-24(17)19(15)26/h2-7,9-11H,1,8,12H2. The molecule has 0 fully saturated rings. The Bertz CT molecular complexity index is 1050. The third-order valence-electron chi connectivity index (χ3n) is 3.85. The highest BCUT2D eigenvalue weighted by atomic mass is 79.9. The van der Waals surface area contributed by atoms with Crippen molar-refractivity contribution < 1.29 is 9.18 Å². The van der Waals surface area contributed by atoms with Crippen LogP contribution >= 0.6 is 15.9 Å². The molecular weight excluding hydrogens is 401 g/mol. The van der Waals surface area contributed by atoms with E-state index in [2.05, 4.69) is 27.5 Å². The second-order valence-electron chi connectivity index (χ2n) is 5.62. The summed E-state index contributed by atoms with van der Waals surface area (Å²) in [6.07, 6.45) is 4.33. The van der Waals surface area contributed by atoms with E-state index in [0.29, 0.717) is 15.7 Å². The topological polar surface area (TPSA) is 54.7 Å². The van der Waals surface area contributed by atoms with Gasteiger partial charge in [0, 0.05) is 35.5 Å². The summed E-state index contributed by atoms with van der Waals surface area (Å²) >= 11 is 3.29. The first-order valence-electron chi connectivity index (χ1n) is 7.81. The first kappa shape index (κ1) is 18.0. The Balaban J connectivity index is 1.99. The molecule has 5 nitrogen and oxygen atoms in total. The highest BCUT2D eigenvalue weighted by Gasteiger charge is 2.21. The van der Waals surface area contributed by atoms with Crippen LogP contribution in [-0.4, -0.2) is 26.7 Å². The number of fused-ring (bicyclic) bond motifs is 1. The Morgan fingerprint density at radius 2 is 2.15 bits per heavy atom. The molecule has 0 spiro atoms. The number of carbonyl (C=O) groups excluding carboxylic acids is 1. The number of benzene rings is 1. The molecule has 3 aromatic rings. The van der Waals surface area contributed by atoms with Crippen molar-refractivity contribution in [2.45, 2.75) is 6.54 Å². The quantitative estimate of drug-likeness (QED) is 0.599. The molecule has 1 aromatic carbocycles. The zero-order chi connectivity index (χ0) is 18.7. The second kappa shape index (κ2) is 7.61. The zero-order valence-corrected chi connectivity index (χ0v) is 15.3. The van der Waals surface area contributed by atoms with Gasteiger partial charge < -0.3 is 4.90 Å². The van der Waals surface area contributed by atoms with Crippen LogP contribution in [0.4, 0.5) is 4.39 Å². The van der Waals surface area contributed by atoms with E-state index < -0.39 is 17.3 Å². The molecular formula is C19H15BrFN3O2. The molecule has 0 aliphatic carbocycles. The molecule has 0 radical (unpaired) electrons. The van der Waals surface area contributed by atoms with Crippen molar-refractivity contribution >= 4 is 27.5 Å². The van der Waals surface area contributed by atoms with Crippen molar-refractivity contribution in [3.05, 3.63) is 93.2 Å². The number of hydrogen-bond donors (Lipinski definition) is 0. The molecule has 0 aliphatic rings. The van der Waals surface area contributed by atoms with Gasteiger partial charge >= 0.3 is 0 Å². The Labute approximate surface area is 157 Å². The number of pyridine rings is 1. The Morgan fingerprint density at radius 3 is 2.92 bits per heavy atom. The molecule has 2 aromatic heterocycles. The minimum atomic E-state index is -0.528. The molecule has 0 aliphatic heterocycles. The Hall–Kier alpha value is -2.80. The summed E-state index contributed by atoms with van der Waals surface area (Å²) in [5.74, 6) is -0.955. The number of aromatic nitrogens is 2. The van der Waals surface area contributed by atoms with Crippen LogP contribution in [0.25, 0.3) is 5.65 Å². The van der Waals surface area contributed by atoms with Gasteiger partial charge in [0.25, 0.3) is 11.5 Å². The molecule has 1 amide bonds. The smallest absolute Gasteiger partial charge is 0.270 e. The fourth-order valence-corrected chi connectivity index (χ4v) is 3.00. The molecule has 0 atom stereocenters. The van der Waals surface area contributed by atoms with E-state index in [0.717, 1.165) is 0 Å². The number of nitrogens with zero attached hydrogens (tertiary/aromatic N) is 3. The van der Waals surface area contributed by atoms with Crippen LogP contribution in [0, 0.1) is 5.82 Å². The third kappa shape index (κ3) is 3.57. The number of carbonyl (C=O) groups is 1. The molecule has 7 heteroatoms. The van der Waals surface area contributed by atoms with E-state index in [1.165, 1.54) is 27.6 Å². The lowest BCUT2D eigenvalue weighted by molar-refractivity contribution is 0.0759. The van der Waals surface area contributed by atoms with Gasteiger partial charge in [0.1, 0.15) is 17.0 Å². The lowest BCUT2D eigenvalue weighted by Crippen LogP contribution is -2.36. The van der Waals surface area contributed by atoms with Crippen LogP contribution in [0.2, 0.25) is 0 Å². The summed E-state index contributed by atoms with van der Waals surface area (Å²) < 4.78 is 16.1. The van der Waals surface area contributed by atoms with Crippen molar-refractivity contribution in [2.75, 3.05) is 6.54 Å². The van der Waals surface area contributed by atoms with Crippen LogP contribution in [0.3, 0.4) is 0 Å². The average molecular weight is 416 g/mol. The molecule has 2 heterocycles. The van der Waals surface area contributed by atoms with E-state index >= 15 is 0 Å². The van der Waals surface area contributed by atoms with Gasteiger partial charge in [-0.05, 0) is 30.3 Å². The van der Waals surface area contributed by atoms with E-state index in [9.17, 15) is 14.0 Å². The largest absolute Gasteiger partial charge is 0.330 e. The van der Waals surface area contributed by atoms with Gasteiger partial charge in [-0.15, -0.1) is 6.58 Å². The first-order valence-corrected chi connectivity index (χ1v) is 8.61. The van der Waals surface area contributed by atoms with Crippen molar-refractivity contribution in [1.29, 1.82) is 0 Å². The van der Waals surface area contributed by atoms with Gasteiger partial charge in [0.05, 0.1) is 0 Å². The van der Waals surface area contributed by atoms with E-state index in [1.54, 1.807) is 36.5 Å². The van der Waals surface area contributed by atoms with Crippen molar-refractivity contribution in [1.82, 2.24) is 14.3 Å². The maximum absolute atomic E-state index is 14.1. The number of halogens is 2. The molecule has 132 valence electrons. The zero-order valence-electron chi connectivity index (χ0n) is 13.7. The molecule has 0 saturated heterocycles. The number of hydrogen-bond acceptors (Lipinski definition) is 3. The molecule has 0 saturated carbocycles. The van der Waals surface area contributed by atoms with Gasteiger partial charge in [0.15, 0.2) is 0 Å².